The van der Waals surface area contributed by atoms with Gasteiger partial charge in [0.15, 0.2) is 0 Å². The number of rotatable bonds is 5. The quantitative estimate of drug-likeness (QED) is 0.910. The molecule has 4 nitrogen and oxygen atoms in total. The zero-order chi connectivity index (χ0) is 14.7. The number of benzene rings is 1. The number of aryl methyl sites for hydroxylation is 3. The van der Waals surface area contributed by atoms with Gasteiger partial charge in [0.1, 0.15) is 12.4 Å². The van der Waals surface area contributed by atoms with Crippen molar-refractivity contribution in [2.45, 2.75) is 39.8 Å². The van der Waals surface area contributed by atoms with E-state index in [0.29, 0.717) is 6.61 Å². The van der Waals surface area contributed by atoms with E-state index in [4.69, 9.17) is 10.5 Å². The lowest BCUT2D eigenvalue weighted by atomic mass is 10.0. The third-order valence-corrected chi connectivity index (χ3v) is 3.22. The molecule has 0 aliphatic carbocycles. The largest absolute Gasteiger partial charge is 0.488 e. The van der Waals surface area contributed by atoms with Crippen LogP contribution >= 0.6 is 0 Å². The molecular weight excluding hydrogens is 250 g/mol. The summed E-state index contributed by atoms with van der Waals surface area (Å²) in [6, 6.07) is 4.50. The Morgan fingerprint density at radius 1 is 1.25 bits per heavy atom. The second-order valence-electron chi connectivity index (χ2n) is 5.55. The van der Waals surface area contributed by atoms with Crippen LogP contribution in [0, 0.1) is 13.8 Å². The van der Waals surface area contributed by atoms with Crippen molar-refractivity contribution in [3.05, 3.63) is 46.8 Å². The molecule has 0 aliphatic heterocycles. The van der Waals surface area contributed by atoms with Gasteiger partial charge in [-0.25, -0.2) is 0 Å². The Kier molecular flexibility index (Phi) is 4.45. The van der Waals surface area contributed by atoms with Crippen molar-refractivity contribution >= 4 is 0 Å². The normalized spacial score (nSPS) is 12.4. The van der Waals surface area contributed by atoms with Crippen molar-refractivity contribution in [3.63, 3.8) is 0 Å². The van der Waals surface area contributed by atoms with E-state index in [1.54, 1.807) is 4.68 Å². The van der Waals surface area contributed by atoms with Crippen LogP contribution in [0.15, 0.2) is 24.5 Å². The van der Waals surface area contributed by atoms with Gasteiger partial charge in [0.05, 0.1) is 6.20 Å². The zero-order valence-electron chi connectivity index (χ0n) is 12.7. The van der Waals surface area contributed by atoms with E-state index in [1.807, 2.05) is 26.4 Å². The Balaban J connectivity index is 2.11. The summed E-state index contributed by atoms with van der Waals surface area (Å²) < 4.78 is 7.72. The molecule has 2 rings (SSSR count). The molecule has 108 valence electrons. The van der Waals surface area contributed by atoms with Gasteiger partial charge < -0.3 is 10.5 Å². The van der Waals surface area contributed by atoms with E-state index in [2.05, 4.69) is 31.1 Å². The Labute approximate surface area is 120 Å². The number of ether oxygens (including phenoxy) is 1. The van der Waals surface area contributed by atoms with Crippen LogP contribution in [0.25, 0.3) is 0 Å². The molecule has 0 saturated heterocycles. The molecule has 2 N–H and O–H groups in total. The summed E-state index contributed by atoms with van der Waals surface area (Å²) in [5, 5.41) is 4.14. The lowest BCUT2D eigenvalue weighted by molar-refractivity contribution is 0.301. The fourth-order valence-electron chi connectivity index (χ4n) is 2.46. The van der Waals surface area contributed by atoms with Crippen LogP contribution in [-0.2, 0) is 20.1 Å². The Morgan fingerprint density at radius 3 is 2.40 bits per heavy atom. The van der Waals surface area contributed by atoms with Crippen molar-refractivity contribution in [3.8, 4) is 5.75 Å². The predicted molar refractivity (Wildman–Crippen MR) is 80.8 cm³/mol. The second-order valence-corrected chi connectivity index (χ2v) is 5.55. The van der Waals surface area contributed by atoms with Crippen LogP contribution in [0.2, 0.25) is 0 Å². The first-order chi connectivity index (χ1) is 9.45. The molecule has 0 radical (unpaired) electrons. The number of hydrogen-bond donors (Lipinski definition) is 1. The fourth-order valence-corrected chi connectivity index (χ4v) is 2.46. The minimum atomic E-state index is 0.177. The molecule has 4 heteroatoms. The van der Waals surface area contributed by atoms with Gasteiger partial charge in [0.2, 0.25) is 0 Å². The number of nitrogens with two attached hydrogens (primary N) is 1. The van der Waals surface area contributed by atoms with Crippen LogP contribution in [0.3, 0.4) is 0 Å². The maximum absolute atomic E-state index is 5.94. The summed E-state index contributed by atoms with van der Waals surface area (Å²) in [5.41, 5.74) is 10.5. The lowest BCUT2D eigenvalue weighted by Gasteiger charge is -2.14. The minimum Gasteiger partial charge on any atom is -0.488 e. The fraction of sp³-hybridized carbons (Fsp3) is 0.438. The van der Waals surface area contributed by atoms with Crippen LogP contribution in [0.1, 0.15) is 29.2 Å². The molecule has 0 fully saturated rings. The third kappa shape index (κ3) is 3.61. The summed E-state index contributed by atoms with van der Waals surface area (Å²) in [6.45, 7) is 6.73. The van der Waals surface area contributed by atoms with Gasteiger partial charge in [0, 0.05) is 24.8 Å². The molecule has 0 bridgehead atoms. The smallest absolute Gasteiger partial charge is 0.125 e. The summed E-state index contributed by atoms with van der Waals surface area (Å²) in [5.74, 6) is 0.960. The molecule has 1 unspecified atom stereocenters. The lowest BCUT2D eigenvalue weighted by Crippen LogP contribution is -2.18. The number of aromatic nitrogens is 2. The van der Waals surface area contributed by atoms with Crippen molar-refractivity contribution in [2.24, 2.45) is 12.8 Å². The second kappa shape index (κ2) is 6.09. The first kappa shape index (κ1) is 14.6. The first-order valence-corrected chi connectivity index (χ1v) is 6.91. The maximum Gasteiger partial charge on any atom is 0.125 e. The molecule has 0 spiro atoms. The van der Waals surface area contributed by atoms with E-state index >= 15 is 0 Å². The molecule has 1 heterocycles. The predicted octanol–water partition coefficient (Wildman–Crippen LogP) is 2.51. The van der Waals surface area contributed by atoms with E-state index < -0.39 is 0 Å². The van der Waals surface area contributed by atoms with Crippen LogP contribution in [0.5, 0.6) is 5.75 Å². The standard InChI is InChI=1S/C16H23N3O/c1-11-5-14(7-13(3)17)6-12(2)16(11)20-10-15-8-18-19(4)9-15/h5-6,8-9,13H,7,10,17H2,1-4H3. The molecule has 2 aromatic rings. The summed E-state index contributed by atoms with van der Waals surface area (Å²) >= 11 is 0. The molecular formula is C16H23N3O. The van der Waals surface area contributed by atoms with Crippen LogP contribution in [-0.4, -0.2) is 15.8 Å². The van der Waals surface area contributed by atoms with Gasteiger partial charge in [-0.2, -0.15) is 5.10 Å². The first-order valence-electron chi connectivity index (χ1n) is 6.91. The molecule has 20 heavy (non-hydrogen) atoms. The van der Waals surface area contributed by atoms with E-state index in [0.717, 1.165) is 28.9 Å². The van der Waals surface area contributed by atoms with E-state index in [-0.39, 0.29) is 6.04 Å². The summed E-state index contributed by atoms with van der Waals surface area (Å²) in [6.07, 6.45) is 4.69. The third-order valence-electron chi connectivity index (χ3n) is 3.22. The van der Waals surface area contributed by atoms with E-state index in [9.17, 15) is 0 Å². The van der Waals surface area contributed by atoms with Gasteiger partial charge in [-0.15, -0.1) is 0 Å². The highest BCUT2D eigenvalue weighted by molar-refractivity contribution is 5.43. The molecule has 0 aliphatic rings. The van der Waals surface area contributed by atoms with Gasteiger partial charge in [-0.05, 0) is 43.9 Å². The van der Waals surface area contributed by atoms with Crippen molar-refractivity contribution in [2.75, 3.05) is 0 Å². The van der Waals surface area contributed by atoms with Crippen LogP contribution in [0.4, 0.5) is 0 Å². The number of nitrogens with zero attached hydrogens (tertiary/aromatic N) is 2. The van der Waals surface area contributed by atoms with Gasteiger partial charge in [0.25, 0.3) is 0 Å². The molecule has 1 aromatic carbocycles. The van der Waals surface area contributed by atoms with E-state index in [1.165, 1.54) is 5.56 Å². The molecule has 1 aromatic heterocycles. The highest BCUT2D eigenvalue weighted by Gasteiger charge is 2.08. The Bertz CT molecular complexity index is 564. The average Bonchev–Trinajstić information content (AvgIpc) is 2.73. The van der Waals surface area contributed by atoms with Gasteiger partial charge >= 0.3 is 0 Å². The highest BCUT2D eigenvalue weighted by atomic mass is 16.5. The molecule has 0 amide bonds. The van der Waals surface area contributed by atoms with Crippen LogP contribution < -0.4 is 10.5 Å². The molecule has 0 saturated carbocycles. The van der Waals surface area contributed by atoms with Crippen molar-refractivity contribution < 1.29 is 4.74 Å². The van der Waals surface area contributed by atoms with Crippen molar-refractivity contribution in [1.82, 2.24) is 9.78 Å². The van der Waals surface area contributed by atoms with Crippen molar-refractivity contribution in [1.29, 1.82) is 0 Å². The number of hydrogen-bond acceptors (Lipinski definition) is 3. The average molecular weight is 273 g/mol. The summed E-state index contributed by atoms with van der Waals surface area (Å²) in [4.78, 5) is 0. The summed E-state index contributed by atoms with van der Waals surface area (Å²) in [7, 11) is 1.91. The SMILES string of the molecule is Cc1cc(CC(C)N)cc(C)c1OCc1cnn(C)c1. The van der Waals surface area contributed by atoms with Gasteiger partial charge in [-0.3, -0.25) is 4.68 Å². The Hall–Kier alpha value is -1.81. The zero-order valence-corrected chi connectivity index (χ0v) is 12.7. The topological polar surface area (TPSA) is 53.1 Å². The van der Waals surface area contributed by atoms with Gasteiger partial charge in [-0.1, -0.05) is 12.1 Å². The Morgan fingerprint density at radius 2 is 1.90 bits per heavy atom. The monoisotopic (exact) mass is 273 g/mol. The molecule has 1 atom stereocenters. The minimum absolute atomic E-state index is 0.177. The highest BCUT2D eigenvalue weighted by Crippen LogP contribution is 2.26. The maximum atomic E-state index is 5.94.